The number of methoxy groups -OCH3 is 1. The molecule has 8 heteroatoms. The van der Waals surface area contributed by atoms with E-state index in [2.05, 4.69) is 15.2 Å². The maximum atomic E-state index is 12.4. The number of carbonyl (C=O) groups is 1. The maximum absolute atomic E-state index is 12.4. The van der Waals surface area contributed by atoms with Crippen molar-refractivity contribution < 1.29 is 13.9 Å². The molecule has 1 aliphatic rings. The van der Waals surface area contributed by atoms with Gasteiger partial charge in [-0.25, -0.2) is 4.98 Å². The van der Waals surface area contributed by atoms with Crippen LogP contribution in [0.2, 0.25) is 0 Å². The first-order valence-corrected chi connectivity index (χ1v) is 8.14. The van der Waals surface area contributed by atoms with Crippen molar-refractivity contribution in [3.63, 3.8) is 0 Å². The minimum atomic E-state index is -0.0716. The van der Waals surface area contributed by atoms with E-state index in [-0.39, 0.29) is 12.0 Å². The summed E-state index contributed by atoms with van der Waals surface area (Å²) in [6.07, 6.45) is 3.53. The molecule has 0 aliphatic carbocycles. The monoisotopic (exact) mass is 322 g/mol. The molecule has 0 saturated carbocycles. The number of furan rings is 1. The molecular formula is C14H18N4O3S. The summed E-state index contributed by atoms with van der Waals surface area (Å²) in [6.45, 7) is 1.37. The Kier molecular flexibility index (Phi) is 4.79. The van der Waals surface area contributed by atoms with Gasteiger partial charge in [-0.3, -0.25) is 9.89 Å². The standard InChI is InChI=1S/C14H18N4O3S/c1-20-10-3-2-6-18(7-10)13(19)12-5-4-11(21-12)8-22-14-15-9-16-17-14/h4-5,9-10H,2-3,6-8H2,1H3,(H,15,16,17)/t10-/m0/s1. The first-order valence-electron chi connectivity index (χ1n) is 7.15. The Bertz CT molecular complexity index is 613. The zero-order valence-corrected chi connectivity index (χ0v) is 13.1. The Morgan fingerprint density at radius 3 is 3.27 bits per heavy atom. The van der Waals surface area contributed by atoms with Gasteiger partial charge in [0.05, 0.1) is 11.9 Å². The van der Waals surface area contributed by atoms with Crippen LogP contribution in [-0.4, -0.2) is 52.3 Å². The van der Waals surface area contributed by atoms with Gasteiger partial charge in [0.2, 0.25) is 0 Å². The Hall–Kier alpha value is -1.80. The van der Waals surface area contributed by atoms with E-state index in [1.165, 1.54) is 18.1 Å². The average Bonchev–Trinajstić information content (AvgIpc) is 3.23. The van der Waals surface area contributed by atoms with Crippen LogP contribution in [0.1, 0.15) is 29.2 Å². The summed E-state index contributed by atoms with van der Waals surface area (Å²) < 4.78 is 11.0. The van der Waals surface area contributed by atoms with E-state index in [0.29, 0.717) is 18.1 Å². The van der Waals surface area contributed by atoms with Gasteiger partial charge in [0.1, 0.15) is 12.1 Å². The molecule has 3 rings (SSSR count). The van der Waals surface area contributed by atoms with Gasteiger partial charge in [0, 0.05) is 20.2 Å². The fraction of sp³-hybridized carbons (Fsp3) is 0.500. The minimum absolute atomic E-state index is 0.0716. The van der Waals surface area contributed by atoms with E-state index >= 15 is 0 Å². The van der Waals surface area contributed by atoms with Crippen molar-refractivity contribution in [2.75, 3.05) is 20.2 Å². The number of carbonyl (C=O) groups excluding carboxylic acids is 1. The van der Waals surface area contributed by atoms with Crippen molar-refractivity contribution in [1.29, 1.82) is 0 Å². The van der Waals surface area contributed by atoms with Crippen molar-refractivity contribution in [3.8, 4) is 0 Å². The number of nitrogens with one attached hydrogen (secondary N) is 1. The predicted octanol–water partition coefficient (Wildman–Crippen LogP) is 1.94. The van der Waals surface area contributed by atoms with E-state index in [4.69, 9.17) is 9.15 Å². The van der Waals surface area contributed by atoms with Crippen LogP contribution in [0.15, 0.2) is 28.0 Å². The Labute approximate surface area is 132 Å². The van der Waals surface area contributed by atoms with Gasteiger partial charge in [-0.15, -0.1) is 0 Å². The van der Waals surface area contributed by atoms with E-state index in [1.54, 1.807) is 18.1 Å². The molecule has 1 saturated heterocycles. The van der Waals surface area contributed by atoms with Crippen LogP contribution < -0.4 is 0 Å². The van der Waals surface area contributed by atoms with Gasteiger partial charge in [0.15, 0.2) is 10.9 Å². The number of thioether (sulfide) groups is 1. The molecule has 3 heterocycles. The molecular weight excluding hydrogens is 304 g/mol. The number of hydrogen-bond donors (Lipinski definition) is 1. The van der Waals surface area contributed by atoms with Crippen molar-refractivity contribution in [3.05, 3.63) is 30.0 Å². The van der Waals surface area contributed by atoms with Gasteiger partial charge in [-0.2, -0.15) is 5.10 Å². The van der Waals surface area contributed by atoms with Gasteiger partial charge < -0.3 is 14.1 Å². The Morgan fingerprint density at radius 1 is 1.59 bits per heavy atom. The minimum Gasteiger partial charge on any atom is -0.455 e. The molecule has 22 heavy (non-hydrogen) atoms. The molecule has 7 nitrogen and oxygen atoms in total. The lowest BCUT2D eigenvalue weighted by atomic mass is 10.1. The van der Waals surface area contributed by atoms with Crippen LogP contribution in [-0.2, 0) is 10.5 Å². The summed E-state index contributed by atoms with van der Waals surface area (Å²) in [4.78, 5) is 18.3. The van der Waals surface area contributed by atoms with Crippen LogP contribution in [0.25, 0.3) is 0 Å². The zero-order valence-electron chi connectivity index (χ0n) is 12.3. The molecule has 0 spiro atoms. The number of aromatic amines is 1. The number of nitrogens with zero attached hydrogens (tertiary/aromatic N) is 3. The largest absolute Gasteiger partial charge is 0.455 e. The van der Waals surface area contributed by atoms with Crippen LogP contribution in [0.5, 0.6) is 0 Å². The molecule has 0 radical (unpaired) electrons. The molecule has 0 bridgehead atoms. The second-order valence-electron chi connectivity index (χ2n) is 5.10. The van der Waals surface area contributed by atoms with Gasteiger partial charge in [-0.1, -0.05) is 11.8 Å². The van der Waals surface area contributed by atoms with Crippen LogP contribution in [0.3, 0.4) is 0 Å². The number of H-pyrrole nitrogens is 1. The third-order valence-electron chi connectivity index (χ3n) is 3.62. The molecule has 1 aliphatic heterocycles. The van der Waals surface area contributed by atoms with Gasteiger partial charge in [0.25, 0.3) is 5.91 Å². The summed E-state index contributed by atoms with van der Waals surface area (Å²) in [5, 5.41) is 7.28. The SMILES string of the molecule is CO[C@H]1CCCN(C(=O)c2ccc(CSc3ncn[nH]3)o2)C1. The maximum Gasteiger partial charge on any atom is 0.289 e. The van der Waals surface area contributed by atoms with Crippen LogP contribution in [0.4, 0.5) is 0 Å². The molecule has 1 N–H and O–H groups in total. The lowest BCUT2D eigenvalue weighted by Crippen LogP contribution is -2.42. The summed E-state index contributed by atoms with van der Waals surface area (Å²) in [6, 6.07) is 3.56. The van der Waals surface area contributed by atoms with Crippen molar-refractivity contribution in [2.24, 2.45) is 0 Å². The van der Waals surface area contributed by atoms with Crippen molar-refractivity contribution in [1.82, 2.24) is 20.1 Å². The molecule has 1 fully saturated rings. The zero-order chi connectivity index (χ0) is 15.4. The van der Waals surface area contributed by atoms with E-state index < -0.39 is 0 Å². The molecule has 0 aromatic carbocycles. The number of amides is 1. The summed E-state index contributed by atoms with van der Waals surface area (Å²) in [5.74, 6) is 1.65. The fourth-order valence-corrected chi connectivity index (χ4v) is 3.12. The number of likely N-dealkylation sites (tertiary alicyclic amines) is 1. The normalized spacial score (nSPS) is 18.6. The number of piperidine rings is 1. The lowest BCUT2D eigenvalue weighted by Gasteiger charge is -2.31. The molecule has 0 unspecified atom stereocenters. The third-order valence-corrected chi connectivity index (χ3v) is 4.51. The molecule has 118 valence electrons. The van der Waals surface area contributed by atoms with E-state index in [9.17, 15) is 4.79 Å². The first-order chi connectivity index (χ1) is 10.8. The predicted molar refractivity (Wildman–Crippen MR) is 80.6 cm³/mol. The summed E-state index contributed by atoms with van der Waals surface area (Å²) in [7, 11) is 1.68. The second-order valence-corrected chi connectivity index (χ2v) is 6.06. The molecule has 2 aromatic rings. The topological polar surface area (TPSA) is 84.2 Å². The summed E-state index contributed by atoms with van der Waals surface area (Å²) in [5.41, 5.74) is 0. The first kappa shape index (κ1) is 15.1. The number of hydrogen-bond acceptors (Lipinski definition) is 6. The Balaban J connectivity index is 1.59. The summed E-state index contributed by atoms with van der Waals surface area (Å²) >= 11 is 1.48. The highest BCUT2D eigenvalue weighted by molar-refractivity contribution is 7.98. The quantitative estimate of drug-likeness (QED) is 0.847. The highest BCUT2D eigenvalue weighted by atomic mass is 32.2. The molecule has 1 amide bonds. The van der Waals surface area contributed by atoms with Gasteiger partial charge in [-0.05, 0) is 25.0 Å². The van der Waals surface area contributed by atoms with Gasteiger partial charge >= 0.3 is 0 Å². The molecule has 1 atom stereocenters. The highest BCUT2D eigenvalue weighted by Crippen LogP contribution is 2.22. The highest BCUT2D eigenvalue weighted by Gasteiger charge is 2.26. The fourth-order valence-electron chi connectivity index (χ4n) is 2.44. The molecule has 2 aromatic heterocycles. The third kappa shape index (κ3) is 3.50. The van der Waals surface area contributed by atoms with Crippen LogP contribution >= 0.6 is 11.8 Å². The number of ether oxygens (including phenoxy) is 1. The Morgan fingerprint density at radius 2 is 2.50 bits per heavy atom. The lowest BCUT2D eigenvalue weighted by molar-refractivity contribution is 0.0252. The number of aromatic nitrogens is 3. The number of rotatable bonds is 5. The smallest absolute Gasteiger partial charge is 0.289 e. The second kappa shape index (κ2) is 6.97. The van der Waals surface area contributed by atoms with Crippen LogP contribution in [0, 0.1) is 0 Å². The van der Waals surface area contributed by atoms with E-state index in [1.807, 2.05) is 6.07 Å². The van der Waals surface area contributed by atoms with Crippen molar-refractivity contribution >= 4 is 17.7 Å². The average molecular weight is 322 g/mol. The van der Waals surface area contributed by atoms with E-state index in [0.717, 1.165) is 30.3 Å². The van der Waals surface area contributed by atoms with Crippen molar-refractivity contribution in [2.45, 2.75) is 29.9 Å².